The van der Waals surface area contributed by atoms with E-state index < -0.39 is 0 Å². The average Bonchev–Trinajstić information content (AvgIpc) is 3.18. The first-order valence-electron chi connectivity index (χ1n) is 9.44. The maximum absolute atomic E-state index is 4.64. The third-order valence-corrected chi connectivity index (χ3v) is 6.58. The molecule has 1 aromatic heterocycles. The quantitative estimate of drug-likeness (QED) is 0.660. The fourth-order valence-corrected chi connectivity index (χ4v) is 4.74. The highest BCUT2D eigenvalue weighted by molar-refractivity contribution is 8.00. The van der Waals surface area contributed by atoms with Crippen molar-refractivity contribution in [2.24, 2.45) is 10.9 Å². The lowest BCUT2D eigenvalue weighted by atomic mass is 10.1. The number of pyridine rings is 1. The summed E-state index contributed by atoms with van der Waals surface area (Å²) in [5, 5.41) is 4.21. The number of aliphatic imine (C=N–C) groups is 1. The predicted molar refractivity (Wildman–Crippen MR) is 109 cm³/mol. The first-order chi connectivity index (χ1) is 12.2. The van der Waals surface area contributed by atoms with E-state index in [-0.39, 0.29) is 0 Å². The van der Waals surface area contributed by atoms with E-state index in [1.807, 2.05) is 13.2 Å². The molecule has 0 aliphatic carbocycles. The van der Waals surface area contributed by atoms with Gasteiger partial charge in [0.1, 0.15) is 5.82 Å². The monoisotopic (exact) mass is 361 g/mol. The lowest BCUT2D eigenvalue weighted by molar-refractivity contribution is 0.380. The molecule has 3 rings (SSSR count). The summed E-state index contributed by atoms with van der Waals surface area (Å²) in [6.07, 6.45) is 4.57. The number of nitrogens with one attached hydrogen (secondary N) is 1. The Hall–Kier alpha value is -1.43. The van der Waals surface area contributed by atoms with Gasteiger partial charge in [0, 0.05) is 57.0 Å². The van der Waals surface area contributed by atoms with Gasteiger partial charge in [0.25, 0.3) is 0 Å². The van der Waals surface area contributed by atoms with Crippen LogP contribution in [0.25, 0.3) is 0 Å². The molecule has 1 N–H and O–H groups in total. The molecule has 5 nitrogen and oxygen atoms in total. The van der Waals surface area contributed by atoms with Crippen LogP contribution in [0.1, 0.15) is 32.3 Å². The number of hydrogen-bond acceptors (Lipinski definition) is 4. The van der Waals surface area contributed by atoms with Crippen molar-refractivity contribution in [3.63, 3.8) is 0 Å². The average molecular weight is 362 g/mol. The van der Waals surface area contributed by atoms with Crippen molar-refractivity contribution in [2.75, 3.05) is 43.9 Å². The normalized spacial score (nSPS) is 21.9. The number of thioether (sulfide) groups is 1. The van der Waals surface area contributed by atoms with Crippen LogP contribution in [-0.4, -0.2) is 60.1 Å². The van der Waals surface area contributed by atoms with Crippen LogP contribution in [0.2, 0.25) is 0 Å². The van der Waals surface area contributed by atoms with Gasteiger partial charge in [-0.3, -0.25) is 4.99 Å². The zero-order valence-electron chi connectivity index (χ0n) is 15.7. The van der Waals surface area contributed by atoms with Gasteiger partial charge in [-0.1, -0.05) is 19.9 Å². The lowest BCUT2D eigenvalue weighted by Gasteiger charge is -2.36. The second-order valence-corrected chi connectivity index (χ2v) is 8.57. The third kappa shape index (κ3) is 4.81. The molecule has 0 bridgehead atoms. The van der Waals surface area contributed by atoms with E-state index in [1.54, 1.807) is 0 Å². The summed E-state index contributed by atoms with van der Waals surface area (Å²) in [6, 6.07) is 4.33. The number of guanidine groups is 1. The Morgan fingerprint density at radius 3 is 2.76 bits per heavy atom. The van der Waals surface area contributed by atoms with Crippen molar-refractivity contribution in [1.29, 1.82) is 0 Å². The molecule has 2 aliphatic rings. The zero-order valence-corrected chi connectivity index (χ0v) is 16.6. The Labute approximate surface area is 156 Å². The van der Waals surface area contributed by atoms with Crippen molar-refractivity contribution in [2.45, 2.75) is 38.5 Å². The molecule has 1 aromatic rings. The fourth-order valence-electron chi connectivity index (χ4n) is 3.44. The highest BCUT2D eigenvalue weighted by atomic mass is 32.2. The van der Waals surface area contributed by atoms with Crippen molar-refractivity contribution in [1.82, 2.24) is 15.2 Å². The Balaban J connectivity index is 1.54. The molecule has 138 valence electrons. The van der Waals surface area contributed by atoms with Crippen molar-refractivity contribution in [3.8, 4) is 0 Å². The van der Waals surface area contributed by atoms with E-state index in [1.165, 1.54) is 24.2 Å². The third-order valence-electron chi connectivity index (χ3n) is 5.04. The zero-order chi connectivity index (χ0) is 17.6. The number of rotatable bonds is 4. The van der Waals surface area contributed by atoms with Crippen molar-refractivity contribution in [3.05, 3.63) is 23.9 Å². The Kier molecular flexibility index (Phi) is 6.45. The Bertz CT molecular complexity index is 566. The van der Waals surface area contributed by atoms with Crippen molar-refractivity contribution >= 4 is 23.5 Å². The van der Waals surface area contributed by atoms with Gasteiger partial charge in [-0.05, 0) is 30.4 Å². The summed E-state index contributed by atoms with van der Waals surface area (Å²) < 4.78 is 0. The van der Waals surface area contributed by atoms with Crippen LogP contribution >= 0.6 is 11.8 Å². The molecule has 6 heteroatoms. The summed E-state index contributed by atoms with van der Waals surface area (Å²) in [5.41, 5.74) is 1.20. The van der Waals surface area contributed by atoms with Crippen LogP contribution in [0, 0.1) is 5.92 Å². The van der Waals surface area contributed by atoms with Crippen LogP contribution in [-0.2, 0) is 6.54 Å². The van der Waals surface area contributed by atoms with Crippen LogP contribution < -0.4 is 10.2 Å². The largest absolute Gasteiger partial charge is 0.357 e. The summed E-state index contributed by atoms with van der Waals surface area (Å²) in [4.78, 5) is 13.9. The molecule has 1 atom stereocenters. The second-order valence-electron chi connectivity index (χ2n) is 7.22. The summed E-state index contributed by atoms with van der Waals surface area (Å²) in [7, 11) is 1.88. The van der Waals surface area contributed by atoms with Crippen LogP contribution in [0.4, 0.5) is 5.82 Å². The molecule has 0 spiro atoms. The molecule has 3 heterocycles. The molecule has 2 fully saturated rings. The minimum Gasteiger partial charge on any atom is -0.357 e. The SMILES string of the molecule is CN=C(NCc1ccc(N2CCCC2)nc1)N1CCSC(C(C)C)C1. The van der Waals surface area contributed by atoms with E-state index >= 15 is 0 Å². The molecule has 2 saturated heterocycles. The molecule has 25 heavy (non-hydrogen) atoms. The van der Waals surface area contributed by atoms with Gasteiger partial charge in [-0.25, -0.2) is 4.98 Å². The van der Waals surface area contributed by atoms with E-state index in [2.05, 4.69) is 62.8 Å². The predicted octanol–water partition coefficient (Wildman–Crippen LogP) is 2.83. The van der Waals surface area contributed by atoms with E-state index in [4.69, 9.17) is 0 Å². The Morgan fingerprint density at radius 2 is 2.12 bits per heavy atom. The van der Waals surface area contributed by atoms with Gasteiger partial charge in [0.05, 0.1) is 0 Å². The van der Waals surface area contributed by atoms with Gasteiger partial charge in [-0.2, -0.15) is 11.8 Å². The van der Waals surface area contributed by atoms with Crippen LogP contribution in [0.5, 0.6) is 0 Å². The summed E-state index contributed by atoms with van der Waals surface area (Å²) in [5.74, 6) is 4.00. The minimum atomic E-state index is 0.689. The topological polar surface area (TPSA) is 43.8 Å². The number of aromatic nitrogens is 1. The maximum atomic E-state index is 4.64. The molecule has 0 radical (unpaired) electrons. The number of hydrogen-bond donors (Lipinski definition) is 1. The van der Waals surface area contributed by atoms with Gasteiger partial charge in [-0.15, -0.1) is 0 Å². The first-order valence-corrected chi connectivity index (χ1v) is 10.5. The fraction of sp³-hybridized carbons (Fsp3) is 0.684. The summed E-state index contributed by atoms with van der Waals surface area (Å²) in [6.45, 7) is 9.82. The molecule has 2 aliphatic heterocycles. The van der Waals surface area contributed by atoms with Gasteiger partial charge >= 0.3 is 0 Å². The highest BCUT2D eigenvalue weighted by Gasteiger charge is 2.24. The maximum Gasteiger partial charge on any atom is 0.193 e. The lowest BCUT2D eigenvalue weighted by Crippen LogP contribution is -2.48. The number of nitrogens with zero attached hydrogens (tertiary/aromatic N) is 4. The van der Waals surface area contributed by atoms with Gasteiger partial charge in [0.2, 0.25) is 0 Å². The van der Waals surface area contributed by atoms with Crippen LogP contribution in [0.15, 0.2) is 23.3 Å². The molecule has 0 aromatic carbocycles. The Morgan fingerprint density at radius 1 is 1.32 bits per heavy atom. The van der Waals surface area contributed by atoms with Crippen molar-refractivity contribution < 1.29 is 0 Å². The molecular formula is C19H31N5S. The second kappa shape index (κ2) is 8.79. The van der Waals surface area contributed by atoms with E-state index in [0.717, 1.165) is 44.5 Å². The summed E-state index contributed by atoms with van der Waals surface area (Å²) >= 11 is 2.09. The molecule has 1 unspecified atom stereocenters. The van der Waals surface area contributed by atoms with E-state index in [9.17, 15) is 0 Å². The number of anilines is 1. The smallest absolute Gasteiger partial charge is 0.193 e. The van der Waals surface area contributed by atoms with Gasteiger partial charge in [0.15, 0.2) is 5.96 Å². The highest BCUT2D eigenvalue weighted by Crippen LogP contribution is 2.25. The molecular weight excluding hydrogens is 330 g/mol. The minimum absolute atomic E-state index is 0.689. The van der Waals surface area contributed by atoms with Crippen LogP contribution in [0.3, 0.4) is 0 Å². The molecule has 0 saturated carbocycles. The van der Waals surface area contributed by atoms with E-state index in [0.29, 0.717) is 11.2 Å². The standard InChI is InChI=1S/C19H31N5S/c1-15(2)17-14-24(10-11-25-17)19(20-3)22-13-16-6-7-18(21-12-16)23-8-4-5-9-23/h6-7,12,15,17H,4-5,8-11,13-14H2,1-3H3,(H,20,22). The van der Waals surface area contributed by atoms with Gasteiger partial charge < -0.3 is 15.1 Å². The molecule has 0 amide bonds. The first kappa shape index (κ1) is 18.4.